The van der Waals surface area contributed by atoms with E-state index in [1.165, 1.54) is 6.92 Å². The second kappa shape index (κ2) is 4.22. The molecule has 0 aromatic carbocycles. The maximum Gasteiger partial charge on any atom is 0.217 e. The zero-order valence-electron chi connectivity index (χ0n) is 8.04. The molecule has 82 valence electrons. The summed E-state index contributed by atoms with van der Waals surface area (Å²) in [4.78, 5) is 10.8. The third-order valence-corrected chi connectivity index (χ3v) is 2.23. The van der Waals surface area contributed by atoms with Crippen LogP contribution in [0.15, 0.2) is 0 Å². The van der Waals surface area contributed by atoms with Crippen molar-refractivity contribution >= 4 is 5.91 Å². The van der Waals surface area contributed by atoms with E-state index in [-0.39, 0.29) is 5.91 Å². The van der Waals surface area contributed by atoms with Crippen molar-refractivity contribution < 1.29 is 24.9 Å². The van der Waals surface area contributed by atoms with Gasteiger partial charge in [-0.1, -0.05) is 0 Å². The molecule has 0 spiro atoms. The molecule has 14 heavy (non-hydrogen) atoms. The quantitative estimate of drug-likeness (QED) is 0.395. The molecule has 0 aromatic heterocycles. The van der Waals surface area contributed by atoms with Crippen molar-refractivity contribution in [1.29, 1.82) is 0 Å². The predicted octanol–water partition coefficient (Wildman–Crippen LogP) is -2.05. The molecule has 0 radical (unpaired) electrons. The van der Waals surface area contributed by atoms with E-state index in [1.807, 2.05) is 0 Å². The second-order valence-electron chi connectivity index (χ2n) is 3.44. The number of aliphatic hydroxyl groups excluding tert-OH is 3. The highest BCUT2D eigenvalue weighted by Crippen LogP contribution is 2.19. The van der Waals surface area contributed by atoms with Crippen LogP contribution in [-0.4, -0.2) is 51.9 Å². The summed E-state index contributed by atoms with van der Waals surface area (Å²) in [6.45, 7) is 2.82. The highest BCUT2D eigenvalue weighted by atomic mass is 16.6. The predicted molar refractivity (Wildman–Crippen MR) is 46.2 cm³/mol. The summed E-state index contributed by atoms with van der Waals surface area (Å²) < 4.78 is 4.83. The number of rotatable bonds is 1. The molecule has 1 heterocycles. The third kappa shape index (κ3) is 2.21. The molecule has 0 unspecified atom stereocenters. The summed E-state index contributed by atoms with van der Waals surface area (Å²) in [5.41, 5.74) is 0. The number of carbonyl (C=O) groups excluding carboxylic acids is 1. The summed E-state index contributed by atoms with van der Waals surface area (Å²) in [6.07, 6.45) is -4.36. The number of nitrogens with one attached hydrogen (secondary N) is 1. The van der Waals surface area contributed by atoms with Crippen LogP contribution in [0.2, 0.25) is 0 Å². The van der Waals surface area contributed by atoms with Crippen LogP contribution in [-0.2, 0) is 9.53 Å². The molecular weight excluding hydrogens is 190 g/mol. The fraction of sp³-hybridized carbons (Fsp3) is 0.875. The van der Waals surface area contributed by atoms with Crippen LogP contribution in [0.1, 0.15) is 13.8 Å². The Morgan fingerprint density at radius 3 is 2.36 bits per heavy atom. The average molecular weight is 205 g/mol. The standard InChI is InChI=1S/C8H15NO5/c1-3-6(11)5(9-4(2)10)7(12)8(13)14-3/h3,5-8,11-13H,1-2H3,(H,9,10)/t3-,5+,6-,7-,8+/m0/s1. The van der Waals surface area contributed by atoms with Crippen LogP contribution in [0.5, 0.6) is 0 Å². The number of carbonyl (C=O) groups is 1. The van der Waals surface area contributed by atoms with Crippen molar-refractivity contribution in [2.45, 2.75) is 44.5 Å². The van der Waals surface area contributed by atoms with Gasteiger partial charge < -0.3 is 25.4 Å². The molecule has 6 heteroatoms. The molecule has 0 bridgehead atoms. The van der Waals surface area contributed by atoms with Gasteiger partial charge in [0.25, 0.3) is 0 Å². The molecular formula is C8H15NO5. The van der Waals surface area contributed by atoms with Crippen LogP contribution in [0, 0.1) is 0 Å². The Hall–Kier alpha value is -0.690. The summed E-state index contributed by atoms with van der Waals surface area (Å²) in [5.74, 6) is -0.380. The Morgan fingerprint density at radius 1 is 1.29 bits per heavy atom. The SMILES string of the molecule is CC(=O)N[C@@H]1[C@@H](O)[C@H](C)O[C@@H](O)[C@H]1O. The summed E-state index contributed by atoms with van der Waals surface area (Å²) >= 11 is 0. The van der Waals surface area contributed by atoms with E-state index in [0.717, 1.165) is 0 Å². The van der Waals surface area contributed by atoms with Gasteiger partial charge in [0.05, 0.1) is 12.1 Å². The van der Waals surface area contributed by atoms with Crippen molar-refractivity contribution in [2.24, 2.45) is 0 Å². The van der Waals surface area contributed by atoms with Gasteiger partial charge in [-0.05, 0) is 6.92 Å². The molecule has 6 nitrogen and oxygen atoms in total. The summed E-state index contributed by atoms with van der Waals surface area (Å²) in [6, 6.07) is -0.897. The summed E-state index contributed by atoms with van der Waals surface area (Å²) in [7, 11) is 0. The van der Waals surface area contributed by atoms with Gasteiger partial charge in [0.2, 0.25) is 5.91 Å². The van der Waals surface area contributed by atoms with Gasteiger partial charge in [0.15, 0.2) is 6.29 Å². The zero-order chi connectivity index (χ0) is 10.9. The molecule has 1 aliphatic heterocycles. The van der Waals surface area contributed by atoms with E-state index in [4.69, 9.17) is 4.74 Å². The van der Waals surface area contributed by atoms with E-state index in [9.17, 15) is 20.1 Å². The lowest BCUT2D eigenvalue weighted by atomic mass is 9.97. The van der Waals surface area contributed by atoms with Crippen LogP contribution in [0.3, 0.4) is 0 Å². The van der Waals surface area contributed by atoms with Crippen molar-refractivity contribution in [3.8, 4) is 0 Å². The molecule has 5 atom stereocenters. The van der Waals surface area contributed by atoms with Gasteiger partial charge in [0, 0.05) is 6.92 Å². The minimum absolute atomic E-state index is 0.380. The minimum atomic E-state index is -1.38. The van der Waals surface area contributed by atoms with Crippen LogP contribution in [0.25, 0.3) is 0 Å². The fourth-order valence-electron chi connectivity index (χ4n) is 1.46. The maximum atomic E-state index is 10.8. The first-order valence-corrected chi connectivity index (χ1v) is 4.40. The van der Waals surface area contributed by atoms with Gasteiger partial charge in [-0.15, -0.1) is 0 Å². The minimum Gasteiger partial charge on any atom is -0.388 e. The Bertz CT molecular complexity index is 208. The Balaban J connectivity index is 2.71. The molecule has 0 aromatic rings. The van der Waals surface area contributed by atoms with E-state index in [2.05, 4.69) is 5.32 Å². The van der Waals surface area contributed by atoms with Crippen molar-refractivity contribution in [3.63, 3.8) is 0 Å². The van der Waals surface area contributed by atoms with Gasteiger partial charge in [-0.25, -0.2) is 0 Å². The lowest BCUT2D eigenvalue weighted by molar-refractivity contribution is -0.251. The highest BCUT2D eigenvalue weighted by molar-refractivity contribution is 5.73. The molecule has 0 aliphatic carbocycles. The van der Waals surface area contributed by atoms with E-state index < -0.39 is 30.6 Å². The van der Waals surface area contributed by atoms with Crippen molar-refractivity contribution in [2.75, 3.05) is 0 Å². The van der Waals surface area contributed by atoms with Crippen LogP contribution >= 0.6 is 0 Å². The average Bonchev–Trinajstić information content (AvgIpc) is 2.09. The monoisotopic (exact) mass is 205 g/mol. The zero-order valence-corrected chi connectivity index (χ0v) is 8.04. The normalized spacial score (nSPS) is 43.4. The van der Waals surface area contributed by atoms with Crippen molar-refractivity contribution in [1.82, 2.24) is 5.32 Å². The van der Waals surface area contributed by atoms with Gasteiger partial charge in [-0.2, -0.15) is 0 Å². The summed E-state index contributed by atoms with van der Waals surface area (Å²) in [5, 5.41) is 30.6. The van der Waals surface area contributed by atoms with Gasteiger partial charge >= 0.3 is 0 Å². The van der Waals surface area contributed by atoms with Crippen molar-refractivity contribution in [3.05, 3.63) is 0 Å². The number of ether oxygens (including phenoxy) is 1. The molecule has 1 rings (SSSR count). The van der Waals surface area contributed by atoms with E-state index >= 15 is 0 Å². The van der Waals surface area contributed by atoms with Gasteiger partial charge in [0.1, 0.15) is 12.2 Å². The molecule has 0 saturated carbocycles. The molecule has 1 aliphatic rings. The maximum absolute atomic E-state index is 10.8. The molecule has 1 amide bonds. The first kappa shape index (κ1) is 11.4. The number of aliphatic hydroxyl groups is 3. The second-order valence-corrected chi connectivity index (χ2v) is 3.44. The van der Waals surface area contributed by atoms with Crippen LogP contribution in [0.4, 0.5) is 0 Å². The molecule has 4 N–H and O–H groups in total. The number of amides is 1. The lowest BCUT2D eigenvalue weighted by Crippen LogP contribution is -2.62. The largest absolute Gasteiger partial charge is 0.388 e. The third-order valence-electron chi connectivity index (χ3n) is 2.23. The fourth-order valence-corrected chi connectivity index (χ4v) is 1.46. The first-order chi connectivity index (χ1) is 6.43. The topological polar surface area (TPSA) is 99.0 Å². The first-order valence-electron chi connectivity index (χ1n) is 4.40. The lowest BCUT2D eigenvalue weighted by Gasteiger charge is -2.39. The Kier molecular flexibility index (Phi) is 3.43. The number of hydrogen-bond acceptors (Lipinski definition) is 5. The van der Waals surface area contributed by atoms with Gasteiger partial charge in [-0.3, -0.25) is 4.79 Å². The molecule has 1 fully saturated rings. The molecule has 1 saturated heterocycles. The number of hydrogen-bond donors (Lipinski definition) is 4. The highest BCUT2D eigenvalue weighted by Gasteiger charge is 2.42. The smallest absolute Gasteiger partial charge is 0.217 e. The Morgan fingerprint density at radius 2 is 1.86 bits per heavy atom. The Labute approximate surface area is 81.5 Å². The van der Waals surface area contributed by atoms with E-state index in [0.29, 0.717) is 0 Å². The van der Waals surface area contributed by atoms with E-state index in [1.54, 1.807) is 6.92 Å². The van der Waals surface area contributed by atoms with Crippen LogP contribution < -0.4 is 5.32 Å².